The molecule has 6 aromatic carbocycles. The molecule has 4 bridgehead atoms. The molecule has 11 aliphatic rings. The zero-order valence-corrected chi connectivity index (χ0v) is 66.6. The van der Waals surface area contributed by atoms with Gasteiger partial charge in [0.05, 0.1) is 58.6 Å². The second-order valence-electron chi connectivity index (χ2n) is 38.2. The summed E-state index contributed by atoms with van der Waals surface area (Å²) in [5.41, 5.74) is 7.98. The third kappa shape index (κ3) is 13.0. The van der Waals surface area contributed by atoms with Gasteiger partial charge in [-0.15, -0.1) is 0 Å². The third-order valence-corrected chi connectivity index (χ3v) is 25.4. The van der Waals surface area contributed by atoms with Crippen molar-refractivity contribution >= 4 is 46.8 Å². The summed E-state index contributed by atoms with van der Waals surface area (Å²) in [7, 11) is 0. The van der Waals surface area contributed by atoms with Gasteiger partial charge in [0, 0.05) is 76.7 Å². The molecule has 3 aromatic heterocycles. The topological polar surface area (TPSA) is 212 Å². The summed E-state index contributed by atoms with van der Waals surface area (Å²) in [6.07, 6.45) is 14.1. The summed E-state index contributed by atoms with van der Waals surface area (Å²) in [6, 6.07) is 32.2. The minimum absolute atomic E-state index is 0.0441. The first kappa shape index (κ1) is 74.1. The van der Waals surface area contributed by atoms with Crippen molar-refractivity contribution in [3.63, 3.8) is 0 Å². The van der Waals surface area contributed by atoms with Gasteiger partial charge in [0.1, 0.15) is 39.9 Å². The molecule has 23 heteroatoms. The van der Waals surface area contributed by atoms with Crippen LogP contribution in [0.25, 0.3) is 78.1 Å². The van der Waals surface area contributed by atoms with Crippen molar-refractivity contribution in [3.05, 3.63) is 167 Å². The van der Waals surface area contributed by atoms with Gasteiger partial charge < -0.3 is 34.6 Å². The molecule has 19 nitrogen and oxygen atoms in total. The van der Waals surface area contributed by atoms with Crippen LogP contribution in [0.15, 0.2) is 127 Å². The molecule has 8 heterocycles. The molecular formula is C91H97F4N11O8. The summed E-state index contributed by atoms with van der Waals surface area (Å²) in [4.78, 5) is 82.1. The van der Waals surface area contributed by atoms with E-state index in [1.165, 1.54) is 70.8 Å². The van der Waals surface area contributed by atoms with Crippen LogP contribution < -0.4 is 10.6 Å². The monoisotopic (exact) mass is 1550 g/mol. The van der Waals surface area contributed by atoms with Crippen molar-refractivity contribution in [2.24, 2.45) is 27.7 Å². The lowest BCUT2D eigenvalue weighted by atomic mass is 9.92. The molecule has 8 atom stereocenters. The molecule has 0 unspecified atom stereocenters. The Labute approximate surface area is 660 Å². The van der Waals surface area contributed by atoms with Crippen molar-refractivity contribution in [3.8, 4) is 67.0 Å². The first-order chi connectivity index (χ1) is 53.9. The minimum atomic E-state index is -3.46. The summed E-state index contributed by atoms with van der Waals surface area (Å²) >= 11 is 0. The number of carbonyl (C=O) groups excluding carboxylic acids is 4. The van der Waals surface area contributed by atoms with E-state index in [4.69, 9.17) is 33.9 Å². The van der Waals surface area contributed by atoms with E-state index in [1.54, 1.807) is 133 Å². The second kappa shape index (κ2) is 25.8. The number of H-pyrrole nitrogens is 1. The maximum atomic E-state index is 17.2. The number of benzene rings is 6. The first-order valence-corrected chi connectivity index (χ1v) is 40.6. The Bertz CT molecular complexity index is 5560. The van der Waals surface area contributed by atoms with Crippen LogP contribution in [0.5, 0.6) is 0 Å². The molecule has 2 amide bonds. The number of amides is 2. The molecule has 592 valence electrons. The van der Waals surface area contributed by atoms with Crippen LogP contribution >= 0.6 is 0 Å². The molecule has 2 spiro atoms. The summed E-state index contributed by atoms with van der Waals surface area (Å²) in [5.74, 6) is -4.25. The van der Waals surface area contributed by atoms with Gasteiger partial charge in [-0.1, -0.05) is 60.7 Å². The smallest absolute Gasteiger partial charge is 0.420 e. The predicted octanol–water partition coefficient (Wildman–Crippen LogP) is 20.6. The van der Waals surface area contributed by atoms with E-state index in [0.29, 0.717) is 92.2 Å². The Morgan fingerprint density at radius 2 is 1.07 bits per heavy atom. The standard InChI is InChI=1S/C55H64F2N6O8.C36H33F2N5/c1-50(2,3)68-46(64)60-29-54(21-22-54)27-41(60)44-58-28-42(63(44)49(67)71-53(10,11)12)32-15-19-36-35-18-14-30(24-37(35)55(56,57)38(36)25-32)31-16-20-39-40(26-31)62(48(66)70-52(7,8)9)45(59-39)43-33-13-17-34(23-33)61(43)47(65)69-51(4,5)6;37-36(38)27-13-20(19-4-8-29-23(11-19)15-30(42-29)33-22-1-5-24(12-22)41-33)2-6-25(27)26-7-3-21(14-28(26)36)32-17-39-34(43-32)31-16-35(9-10-35)18-40-31/h14-16,18-20,24-26,28,33-34,41,43H,13,17,21-23,27,29H2,1-12H3;2-4,6-8,11,13-14,17,22,24,31,33,40-41H,1,5,9-10,12,15-16,18H2,(H,39,43)/t33-,34+,41-,43-;22-,24+,31-,33-/m00/s1. The van der Waals surface area contributed by atoms with E-state index >= 15 is 17.6 Å². The summed E-state index contributed by atoms with van der Waals surface area (Å²) < 4.78 is 92.9. The number of aromatic nitrogens is 6. The number of likely N-dealkylation sites (tertiary alicyclic amines) is 2. The van der Waals surface area contributed by atoms with Gasteiger partial charge in [-0.2, -0.15) is 17.6 Å². The number of ether oxygens (including phenoxy) is 4. The van der Waals surface area contributed by atoms with Gasteiger partial charge in [-0.05, 0) is 281 Å². The van der Waals surface area contributed by atoms with E-state index in [2.05, 4.69) is 32.7 Å². The number of imidazole rings is 3. The van der Waals surface area contributed by atoms with E-state index in [9.17, 15) is 19.2 Å². The molecule has 20 rings (SSSR count). The zero-order chi connectivity index (χ0) is 79.6. The average Bonchev–Trinajstić information content (AvgIpc) is 1.58. The quantitative estimate of drug-likeness (QED) is 0.0955. The minimum Gasteiger partial charge on any atom is -0.444 e. The van der Waals surface area contributed by atoms with E-state index in [0.717, 1.165) is 85.4 Å². The van der Waals surface area contributed by atoms with Gasteiger partial charge in [0.25, 0.3) is 11.8 Å². The fraction of sp³-hybridized carbons (Fsp3) is 0.473. The fourth-order valence-corrected chi connectivity index (χ4v) is 19.8. The van der Waals surface area contributed by atoms with Crippen molar-refractivity contribution in [1.29, 1.82) is 0 Å². The number of hydrogen-bond acceptors (Lipinski definition) is 14. The average molecular weight is 1550 g/mol. The highest BCUT2D eigenvalue weighted by Gasteiger charge is 2.58. The van der Waals surface area contributed by atoms with Crippen LogP contribution in [-0.4, -0.2) is 123 Å². The van der Waals surface area contributed by atoms with Crippen molar-refractivity contribution in [2.45, 2.75) is 237 Å². The number of aliphatic imine (C=N–C) groups is 1. The normalized spacial score (nSPS) is 24.3. The maximum absolute atomic E-state index is 17.2. The molecule has 114 heavy (non-hydrogen) atoms. The maximum Gasteiger partial charge on any atom is 0.420 e. The molecule has 3 N–H and O–H groups in total. The number of alkyl halides is 4. The Balaban J connectivity index is 0.000000171. The van der Waals surface area contributed by atoms with Gasteiger partial charge >= 0.3 is 24.4 Å². The van der Waals surface area contributed by atoms with Gasteiger partial charge in [-0.3, -0.25) is 14.8 Å². The molecular weight excluding hydrogens is 1450 g/mol. The number of carbonyl (C=O) groups is 4. The van der Waals surface area contributed by atoms with Crippen LogP contribution in [0.1, 0.15) is 224 Å². The summed E-state index contributed by atoms with van der Waals surface area (Å²) in [6.45, 7) is 22.9. The molecule has 4 saturated carbocycles. The molecule has 6 aliphatic carbocycles. The number of fused-ring (bicyclic) bond motifs is 12. The van der Waals surface area contributed by atoms with E-state index in [1.807, 2.05) is 51.1 Å². The molecule has 4 saturated heterocycles. The SMILES string of the molecule is CC(C)(C)OC(=O)N1CC2(CC2)C[C@H]1c1ncc(-c2ccc3c(c2)C(F)(F)c2cc(-c4ccc5nc([C@@H]6[C@H]7CC[C@H](C7)N6C(=O)OC(C)(C)C)n(C(=O)OC(C)(C)C)c5c4)ccc2-3)n1C(=O)OC(C)(C)C.FC1(F)c2cc(-c3ccc4c(c3)CC([C@H]3N[C@@H]5CC[C@H]3C5)=N4)ccc2-c2ccc(-c3cnc([C@@H]4CC5(CC5)CN4)[nH]3)cc21. The molecule has 8 fully saturated rings. The largest absolute Gasteiger partial charge is 0.444 e. The number of halogens is 4. The van der Waals surface area contributed by atoms with Crippen LogP contribution in [0.2, 0.25) is 0 Å². The highest BCUT2D eigenvalue weighted by molar-refractivity contribution is 5.99. The first-order valence-electron chi connectivity index (χ1n) is 40.6. The number of rotatable bonds is 8. The molecule has 5 aliphatic heterocycles. The lowest BCUT2D eigenvalue weighted by Crippen LogP contribution is -2.44. The van der Waals surface area contributed by atoms with Crippen LogP contribution in [0.4, 0.5) is 42.4 Å². The lowest BCUT2D eigenvalue weighted by molar-refractivity contribution is 0.00498. The number of hydrogen-bond donors (Lipinski definition) is 3. The molecule has 0 radical (unpaired) electrons. The number of nitrogens with zero attached hydrogens (tertiary/aromatic N) is 8. The number of piperidine rings is 2. The van der Waals surface area contributed by atoms with Crippen LogP contribution in [0, 0.1) is 22.7 Å². The second-order valence-corrected chi connectivity index (χ2v) is 38.2. The van der Waals surface area contributed by atoms with E-state index in [-0.39, 0.29) is 57.2 Å². The Kier molecular flexibility index (Phi) is 16.7. The fourth-order valence-electron chi connectivity index (χ4n) is 19.8. The van der Waals surface area contributed by atoms with E-state index < -0.39 is 70.7 Å². The molecule has 9 aromatic rings. The van der Waals surface area contributed by atoms with Crippen molar-refractivity contribution in [2.75, 3.05) is 13.1 Å². The zero-order valence-electron chi connectivity index (χ0n) is 66.6. The highest BCUT2D eigenvalue weighted by Crippen LogP contribution is 2.61. The van der Waals surface area contributed by atoms with Gasteiger partial charge in [0.15, 0.2) is 0 Å². The number of aromatic amines is 1. The summed E-state index contributed by atoms with van der Waals surface area (Å²) in [5, 5.41) is 7.36. The highest BCUT2D eigenvalue weighted by atomic mass is 19.3. The third-order valence-electron chi connectivity index (χ3n) is 25.4. The Morgan fingerprint density at radius 3 is 1.67 bits per heavy atom. The van der Waals surface area contributed by atoms with Crippen LogP contribution in [-0.2, 0) is 37.2 Å². The van der Waals surface area contributed by atoms with Gasteiger partial charge in [0.2, 0.25) is 0 Å². The number of nitrogens with one attached hydrogen (secondary N) is 3. The van der Waals surface area contributed by atoms with Gasteiger partial charge in [-0.25, -0.2) is 43.3 Å². The van der Waals surface area contributed by atoms with Crippen molar-refractivity contribution in [1.82, 2.24) is 49.5 Å². The Morgan fingerprint density at radius 1 is 0.526 bits per heavy atom. The Hall–Kier alpha value is -10.0. The van der Waals surface area contributed by atoms with Crippen LogP contribution in [0.3, 0.4) is 0 Å². The predicted molar refractivity (Wildman–Crippen MR) is 426 cm³/mol. The lowest BCUT2D eigenvalue weighted by Gasteiger charge is -2.36. The van der Waals surface area contributed by atoms with Crippen molar-refractivity contribution < 1.29 is 55.7 Å².